The first-order valence-electron chi connectivity index (χ1n) is 7.41. The Hall–Kier alpha value is -1.83. The number of carbonyl (C=O) groups is 1. The number of rotatable bonds is 6. The van der Waals surface area contributed by atoms with E-state index >= 15 is 0 Å². The van der Waals surface area contributed by atoms with E-state index in [-0.39, 0.29) is 5.97 Å². The molecule has 2 nitrogen and oxygen atoms in total. The van der Waals surface area contributed by atoms with E-state index in [1.54, 1.807) is 0 Å². The van der Waals surface area contributed by atoms with E-state index in [1.165, 1.54) is 38.2 Å². The van der Waals surface area contributed by atoms with Gasteiger partial charge in [0.1, 0.15) is 5.75 Å². The molecule has 20 heavy (non-hydrogen) atoms. The third-order valence-electron chi connectivity index (χ3n) is 3.48. The molecule has 0 fully saturated rings. The zero-order chi connectivity index (χ0) is 14.4. The Bertz CT molecular complexity index is 587. The predicted molar refractivity (Wildman–Crippen MR) is 83.1 cm³/mol. The molecule has 0 aliphatic heterocycles. The van der Waals surface area contributed by atoms with Crippen LogP contribution < -0.4 is 4.74 Å². The zero-order valence-corrected chi connectivity index (χ0v) is 12.3. The first-order valence-corrected chi connectivity index (χ1v) is 7.41. The maximum atomic E-state index is 11.2. The number of ether oxygens (including phenoxy) is 1. The van der Waals surface area contributed by atoms with Gasteiger partial charge in [-0.15, -0.1) is 0 Å². The lowest BCUT2D eigenvalue weighted by Gasteiger charge is -2.08. The summed E-state index contributed by atoms with van der Waals surface area (Å²) < 4.78 is 5.29. The Labute approximate surface area is 120 Å². The molecular weight excluding hydrogens is 248 g/mol. The summed E-state index contributed by atoms with van der Waals surface area (Å²) in [5.41, 5.74) is 1.31. The second-order valence-corrected chi connectivity index (χ2v) is 5.22. The molecular formula is C18H22O2. The van der Waals surface area contributed by atoms with Crippen LogP contribution in [-0.4, -0.2) is 5.97 Å². The largest absolute Gasteiger partial charge is 0.426 e. The van der Waals surface area contributed by atoms with Gasteiger partial charge >= 0.3 is 5.97 Å². The molecule has 0 atom stereocenters. The van der Waals surface area contributed by atoms with E-state index < -0.39 is 0 Å². The van der Waals surface area contributed by atoms with Crippen molar-refractivity contribution in [2.75, 3.05) is 0 Å². The van der Waals surface area contributed by atoms with Crippen molar-refractivity contribution in [2.45, 2.75) is 46.0 Å². The number of esters is 1. The minimum Gasteiger partial charge on any atom is -0.426 e. The van der Waals surface area contributed by atoms with Crippen molar-refractivity contribution >= 4 is 16.7 Å². The van der Waals surface area contributed by atoms with Gasteiger partial charge in [-0.25, -0.2) is 0 Å². The van der Waals surface area contributed by atoms with Gasteiger partial charge in [0.15, 0.2) is 0 Å². The van der Waals surface area contributed by atoms with Gasteiger partial charge in [0.25, 0.3) is 0 Å². The smallest absolute Gasteiger partial charge is 0.308 e. The fourth-order valence-corrected chi connectivity index (χ4v) is 2.45. The van der Waals surface area contributed by atoms with E-state index in [4.69, 9.17) is 4.74 Å². The lowest BCUT2D eigenvalue weighted by atomic mass is 10.0. The van der Waals surface area contributed by atoms with Crippen LogP contribution >= 0.6 is 0 Å². The molecule has 0 N–H and O–H groups in total. The van der Waals surface area contributed by atoms with Crippen molar-refractivity contribution in [3.8, 4) is 5.75 Å². The normalized spacial score (nSPS) is 10.7. The number of benzene rings is 2. The van der Waals surface area contributed by atoms with Gasteiger partial charge in [0.2, 0.25) is 0 Å². The van der Waals surface area contributed by atoms with Crippen LogP contribution in [0.1, 0.15) is 45.1 Å². The average molecular weight is 270 g/mol. The van der Waals surface area contributed by atoms with E-state index in [2.05, 4.69) is 25.1 Å². The molecule has 0 aliphatic rings. The number of fused-ring (bicyclic) bond motifs is 1. The molecule has 0 aromatic heterocycles. The molecule has 2 aromatic carbocycles. The Morgan fingerprint density at radius 2 is 1.95 bits per heavy atom. The van der Waals surface area contributed by atoms with E-state index in [9.17, 15) is 4.79 Å². The monoisotopic (exact) mass is 270 g/mol. The number of unbranched alkanes of at least 4 members (excludes halogenated alkanes) is 3. The highest BCUT2D eigenvalue weighted by Crippen LogP contribution is 2.27. The van der Waals surface area contributed by atoms with Crippen molar-refractivity contribution in [1.82, 2.24) is 0 Å². The van der Waals surface area contributed by atoms with Gasteiger partial charge in [0.05, 0.1) is 0 Å². The van der Waals surface area contributed by atoms with Crippen LogP contribution in [0.15, 0.2) is 36.4 Å². The van der Waals surface area contributed by atoms with Crippen LogP contribution in [-0.2, 0) is 11.2 Å². The van der Waals surface area contributed by atoms with Crippen molar-refractivity contribution in [1.29, 1.82) is 0 Å². The second kappa shape index (κ2) is 7.09. The lowest BCUT2D eigenvalue weighted by molar-refractivity contribution is -0.131. The summed E-state index contributed by atoms with van der Waals surface area (Å²) in [6.07, 6.45) is 6.14. The zero-order valence-electron chi connectivity index (χ0n) is 12.3. The van der Waals surface area contributed by atoms with Crippen LogP contribution in [0, 0.1) is 0 Å². The fourth-order valence-electron chi connectivity index (χ4n) is 2.45. The van der Waals surface area contributed by atoms with E-state index in [0.717, 1.165) is 17.2 Å². The maximum Gasteiger partial charge on any atom is 0.308 e. The molecule has 0 radical (unpaired) electrons. The van der Waals surface area contributed by atoms with Crippen LogP contribution in [0.3, 0.4) is 0 Å². The molecule has 0 spiro atoms. The highest BCUT2D eigenvalue weighted by molar-refractivity contribution is 5.90. The Morgan fingerprint density at radius 1 is 1.10 bits per heavy atom. The van der Waals surface area contributed by atoms with Gasteiger partial charge in [0, 0.05) is 12.3 Å². The molecule has 0 amide bonds. The molecule has 106 valence electrons. The molecule has 0 unspecified atom stereocenters. The minimum absolute atomic E-state index is 0.272. The third kappa shape index (κ3) is 3.83. The number of hydrogen-bond donors (Lipinski definition) is 0. The number of aryl methyl sites for hydroxylation is 1. The molecule has 2 aromatic rings. The summed E-state index contributed by atoms with van der Waals surface area (Å²) >= 11 is 0. The first kappa shape index (κ1) is 14.6. The molecule has 0 heterocycles. The van der Waals surface area contributed by atoms with Crippen LogP contribution in [0.2, 0.25) is 0 Å². The van der Waals surface area contributed by atoms with Gasteiger partial charge in [-0.05, 0) is 35.9 Å². The molecule has 0 saturated carbocycles. The summed E-state index contributed by atoms with van der Waals surface area (Å²) in [4.78, 5) is 11.2. The Balaban J connectivity index is 2.20. The average Bonchev–Trinajstić information content (AvgIpc) is 2.43. The highest BCUT2D eigenvalue weighted by Gasteiger charge is 2.05. The molecule has 2 heteroatoms. The fraction of sp³-hybridized carbons (Fsp3) is 0.389. The summed E-state index contributed by atoms with van der Waals surface area (Å²) in [5, 5.41) is 2.14. The third-order valence-corrected chi connectivity index (χ3v) is 3.48. The minimum atomic E-state index is -0.272. The number of carbonyl (C=O) groups excluding carboxylic acids is 1. The predicted octanol–water partition coefficient (Wildman–Crippen LogP) is 4.89. The molecule has 0 bridgehead atoms. The second-order valence-electron chi connectivity index (χ2n) is 5.22. The maximum absolute atomic E-state index is 11.2. The van der Waals surface area contributed by atoms with Gasteiger partial charge in [-0.2, -0.15) is 0 Å². The van der Waals surface area contributed by atoms with E-state index in [0.29, 0.717) is 5.75 Å². The van der Waals surface area contributed by atoms with Gasteiger partial charge in [-0.3, -0.25) is 4.79 Å². The molecule has 2 rings (SSSR count). The Morgan fingerprint density at radius 3 is 2.70 bits per heavy atom. The molecule has 0 aliphatic carbocycles. The lowest BCUT2D eigenvalue weighted by Crippen LogP contribution is -2.01. The van der Waals surface area contributed by atoms with Gasteiger partial charge < -0.3 is 4.74 Å². The Kier molecular flexibility index (Phi) is 5.16. The molecule has 0 saturated heterocycles. The summed E-state index contributed by atoms with van der Waals surface area (Å²) in [5.74, 6) is 0.385. The number of hydrogen-bond acceptors (Lipinski definition) is 2. The summed E-state index contributed by atoms with van der Waals surface area (Å²) in [6, 6.07) is 12.2. The van der Waals surface area contributed by atoms with Crippen LogP contribution in [0.4, 0.5) is 0 Å². The highest BCUT2D eigenvalue weighted by atomic mass is 16.5. The van der Waals surface area contributed by atoms with Crippen molar-refractivity contribution in [2.24, 2.45) is 0 Å². The van der Waals surface area contributed by atoms with Crippen molar-refractivity contribution < 1.29 is 9.53 Å². The standard InChI is InChI=1S/C18H22O2/c1-3-4-5-6-8-15-11-12-16-9-7-10-18(17(16)13-15)20-14(2)19/h7,9-13H,3-6,8H2,1-2H3. The van der Waals surface area contributed by atoms with E-state index in [1.807, 2.05) is 18.2 Å². The van der Waals surface area contributed by atoms with Crippen LogP contribution in [0.25, 0.3) is 10.8 Å². The first-order chi connectivity index (χ1) is 9.70. The summed E-state index contributed by atoms with van der Waals surface area (Å²) in [6.45, 7) is 3.66. The topological polar surface area (TPSA) is 26.3 Å². The SMILES string of the molecule is CCCCCCc1ccc2cccc(OC(C)=O)c2c1. The van der Waals surface area contributed by atoms with Gasteiger partial charge in [-0.1, -0.05) is 50.5 Å². The van der Waals surface area contributed by atoms with Crippen molar-refractivity contribution in [3.05, 3.63) is 42.0 Å². The van der Waals surface area contributed by atoms with Crippen LogP contribution in [0.5, 0.6) is 5.75 Å². The quantitative estimate of drug-likeness (QED) is 0.424. The van der Waals surface area contributed by atoms with Crippen molar-refractivity contribution in [3.63, 3.8) is 0 Å². The summed E-state index contributed by atoms with van der Waals surface area (Å²) in [7, 11) is 0.